The Morgan fingerprint density at radius 1 is 1.18 bits per heavy atom. The summed E-state index contributed by atoms with van der Waals surface area (Å²) in [6, 6.07) is 7.26. The topological polar surface area (TPSA) is 143 Å². The van der Waals surface area contributed by atoms with Crippen molar-refractivity contribution < 1.29 is 30.3 Å². The molecule has 0 unspecified atom stereocenters. The third-order valence-electron chi connectivity index (χ3n) is 2.99. The lowest BCUT2D eigenvalue weighted by Crippen LogP contribution is -2.50. The maximum atomic E-state index is 11.6. The Morgan fingerprint density at radius 3 is 2.32 bits per heavy atom. The maximum Gasteiger partial charge on any atom is 0.271 e. The van der Waals surface area contributed by atoms with Gasteiger partial charge in [-0.05, 0) is 12.5 Å². The number of aryl methyl sites for hydroxylation is 1. The molecule has 4 atom stereocenters. The largest absolute Gasteiger partial charge is 0.394 e. The Labute approximate surface area is 127 Å². The molecule has 6 N–H and O–H groups in total. The molecule has 0 aromatic heterocycles. The van der Waals surface area contributed by atoms with Crippen LogP contribution in [0.5, 0.6) is 0 Å². The molecule has 1 amide bonds. The number of carbonyl (C=O) groups excluding carboxylic acids is 1. The molecule has 8 nitrogen and oxygen atoms in total. The first-order valence-corrected chi connectivity index (χ1v) is 6.59. The van der Waals surface area contributed by atoms with E-state index in [1.807, 2.05) is 24.5 Å². The van der Waals surface area contributed by atoms with Gasteiger partial charge in [0.25, 0.3) is 5.91 Å². The predicted octanol–water partition coefficient (Wildman–Crippen LogP) is -2.12. The number of nitrogens with one attached hydrogen (secondary N) is 1. The number of hydrogen-bond donors (Lipinski definition) is 6. The molecule has 22 heavy (non-hydrogen) atoms. The molecule has 0 aliphatic rings. The average molecular weight is 312 g/mol. The molecular formula is C14H20N2O6. The lowest BCUT2D eigenvalue weighted by molar-refractivity contribution is -0.148. The number of aliphatic hydroxyl groups excluding tert-OH is 5. The number of nitrogens with zero attached hydrogens (tertiary/aromatic N) is 1. The highest BCUT2D eigenvalue weighted by atomic mass is 16.4. The molecule has 0 radical (unpaired) electrons. The van der Waals surface area contributed by atoms with Gasteiger partial charge in [-0.3, -0.25) is 4.79 Å². The van der Waals surface area contributed by atoms with Crippen LogP contribution in [0.1, 0.15) is 11.1 Å². The van der Waals surface area contributed by atoms with Gasteiger partial charge in [0.05, 0.1) is 12.8 Å². The zero-order valence-corrected chi connectivity index (χ0v) is 12.0. The van der Waals surface area contributed by atoms with E-state index in [1.54, 1.807) is 12.1 Å². The molecule has 0 saturated carbocycles. The number of benzene rings is 1. The van der Waals surface area contributed by atoms with Crippen molar-refractivity contribution in [3.8, 4) is 0 Å². The van der Waals surface area contributed by atoms with Gasteiger partial charge in [0.2, 0.25) is 0 Å². The Morgan fingerprint density at radius 2 is 1.77 bits per heavy atom. The first kappa shape index (κ1) is 18.2. The summed E-state index contributed by atoms with van der Waals surface area (Å²) in [4.78, 5) is 11.6. The van der Waals surface area contributed by atoms with Crippen molar-refractivity contribution in [2.75, 3.05) is 6.61 Å². The van der Waals surface area contributed by atoms with Crippen molar-refractivity contribution in [3.63, 3.8) is 0 Å². The standard InChI is InChI=1S/C14H20N2O6/c1-8-2-4-9(5-3-8)6-15-16-14(22)13(21)12(20)11(19)10(18)7-17/h2-6,10-13,17-21H,7H2,1H3,(H,16,22)/b15-6+/t10-,11-,12-,13-/m1/s1. The van der Waals surface area contributed by atoms with E-state index in [1.165, 1.54) is 6.21 Å². The summed E-state index contributed by atoms with van der Waals surface area (Å²) < 4.78 is 0. The Hall–Kier alpha value is -1.84. The fourth-order valence-electron chi connectivity index (χ4n) is 1.57. The highest BCUT2D eigenvalue weighted by Crippen LogP contribution is 2.05. The van der Waals surface area contributed by atoms with E-state index < -0.39 is 36.9 Å². The molecule has 0 spiro atoms. The van der Waals surface area contributed by atoms with Gasteiger partial charge >= 0.3 is 0 Å². The van der Waals surface area contributed by atoms with Crippen LogP contribution in [0.15, 0.2) is 29.4 Å². The van der Waals surface area contributed by atoms with Gasteiger partial charge < -0.3 is 25.5 Å². The van der Waals surface area contributed by atoms with Crippen molar-refractivity contribution >= 4 is 12.1 Å². The van der Waals surface area contributed by atoms with Crippen molar-refractivity contribution in [1.82, 2.24) is 5.43 Å². The van der Waals surface area contributed by atoms with Gasteiger partial charge in [-0.15, -0.1) is 0 Å². The summed E-state index contributed by atoms with van der Waals surface area (Å²) in [7, 11) is 0. The normalized spacial score (nSPS) is 17.0. The summed E-state index contributed by atoms with van der Waals surface area (Å²) in [5.74, 6) is -1.06. The monoisotopic (exact) mass is 312 g/mol. The highest BCUT2D eigenvalue weighted by molar-refractivity contribution is 5.84. The van der Waals surface area contributed by atoms with Crippen LogP contribution in [0, 0.1) is 6.92 Å². The van der Waals surface area contributed by atoms with Crippen molar-refractivity contribution in [1.29, 1.82) is 0 Å². The van der Waals surface area contributed by atoms with Gasteiger partial charge in [0, 0.05) is 0 Å². The second kappa shape index (κ2) is 8.57. The number of hydrogen-bond acceptors (Lipinski definition) is 7. The van der Waals surface area contributed by atoms with Crippen LogP contribution < -0.4 is 5.43 Å². The molecule has 8 heteroatoms. The summed E-state index contributed by atoms with van der Waals surface area (Å²) in [6.07, 6.45) is -6.17. The van der Waals surface area contributed by atoms with Crippen LogP contribution in [0.25, 0.3) is 0 Å². The Balaban J connectivity index is 2.55. The predicted molar refractivity (Wildman–Crippen MR) is 78.0 cm³/mol. The van der Waals surface area contributed by atoms with E-state index in [4.69, 9.17) is 10.2 Å². The lowest BCUT2D eigenvalue weighted by Gasteiger charge is -2.24. The molecular weight excluding hydrogens is 292 g/mol. The van der Waals surface area contributed by atoms with Crippen LogP contribution in [0.2, 0.25) is 0 Å². The van der Waals surface area contributed by atoms with Gasteiger partial charge in [-0.2, -0.15) is 5.10 Å². The lowest BCUT2D eigenvalue weighted by atomic mass is 10.0. The summed E-state index contributed by atoms with van der Waals surface area (Å²) in [5.41, 5.74) is 3.79. The smallest absolute Gasteiger partial charge is 0.271 e. The van der Waals surface area contributed by atoms with Crippen LogP contribution in [-0.4, -0.2) is 68.7 Å². The molecule has 1 aromatic carbocycles. The SMILES string of the molecule is Cc1ccc(/C=N/NC(=O)[C@H](O)[C@H](O)[C@H](O)[C@H](O)CO)cc1. The minimum atomic E-state index is -2.01. The van der Waals surface area contributed by atoms with Crippen molar-refractivity contribution in [3.05, 3.63) is 35.4 Å². The second-order valence-electron chi connectivity index (χ2n) is 4.82. The maximum absolute atomic E-state index is 11.6. The third kappa shape index (κ3) is 5.17. The number of amides is 1. The van der Waals surface area contributed by atoms with Gasteiger partial charge in [-0.1, -0.05) is 29.8 Å². The van der Waals surface area contributed by atoms with Gasteiger partial charge in [0.1, 0.15) is 18.3 Å². The minimum absolute atomic E-state index is 0.719. The molecule has 0 aliphatic carbocycles. The molecule has 0 bridgehead atoms. The van der Waals surface area contributed by atoms with E-state index in [0.717, 1.165) is 11.1 Å². The molecule has 0 aliphatic heterocycles. The fraction of sp³-hybridized carbons (Fsp3) is 0.429. The molecule has 122 valence electrons. The number of rotatable bonds is 7. The molecule has 1 aromatic rings. The summed E-state index contributed by atoms with van der Waals surface area (Å²) >= 11 is 0. The Kier molecular flexibility index (Phi) is 7.09. The molecule has 0 heterocycles. The van der Waals surface area contributed by atoms with E-state index in [2.05, 4.69) is 5.10 Å². The van der Waals surface area contributed by atoms with Gasteiger partial charge in [-0.25, -0.2) is 5.43 Å². The third-order valence-corrected chi connectivity index (χ3v) is 2.99. The first-order valence-electron chi connectivity index (χ1n) is 6.59. The minimum Gasteiger partial charge on any atom is -0.394 e. The van der Waals surface area contributed by atoms with Crippen LogP contribution >= 0.6 is 0 Å². The first-order chi connectivity index (χ1) is 10.4. The highest BCUT2D eigenvalue weighted by Gasteiger charge is 2.34. The zero-order chi connectivity index (χ0) is 16.7. The van der Waals surface area contributed by atoms with E-state index in [9.17, 15) is 20.1 Å². The summed E-state index contributed by atoms with van der Waals surface area (Å²) in [5, 5.41) is 49.9. The molecule has 0 fully saturated rings. The van der Waals surface area contributed by atoms with E-state index >= 15 is 0 Å². The van der Waals surface area contributed by atoms with Gasteiger partial charge in [0.15, 0.2) is 6.10 Å². The fourth-order valence-corrected chi connectivity index (χ4v) is 1.57. The zero-order valence-electron chi connectivity index (χ0n) is 12.0. The average Bonchev–Trinajstić information content (AvgIpc) is 2.53. The summed E-state index contributed by atoms with van der Waals surface area (Å²) in [6.45, 7) is 1.10. The quantitative estimate of drug-likeness (QED) is 0.251. The van der Waals surface area contributed by atoms with E-state index in [0.29, 0.717) is 0 Å². The molecule has 0 saturated heterocycles. The van der Waals surface area contributed by atoms with Crippen LogP contribution in [-0.2, 0) is 4.79 Å². The van der Waals surface area contributed by atoms with Crippen molar-refractivity contribution in [2.24, 2.45) is 5.10 Å². The van der Waals surface area contributed by atoms with Crippen LogP contribution in [0.4, 0.5) is 0 Å². The Bertz CT molecular complexity index is 505. The van der Waals surface area contributed by atoms with Crippen molar-refractivity contribution in [2.45, 2.75) is 31.3 Å². The van der Waals surface area contributed by atoms with E-state index in [-0.39, 0.29) is 0 Å². The molecule has 1 rings (SSSR count). The number of carbonyl (C=O) groups is 1. The van der Waals surface area contributed by atoms with Crippen LogP contribution in [0.3, 0.4) is 0 Å². The second-order valence-corrected chi connectivity index (χ2v) is 4.82. The number of aliphatic hydroxyl groups is 5. The number of hydrazone groups is 1.